The Labute approximate surface area is 114 Å². The van der Waals surface area contributed by atoms with Crippen LogP contribution in [0.15, 0.2) is 22.7 Å². The summed E-state index contributed by atoms with van der Waals surface area (Å²) in [5, 5.41) is 0.912. The molecular weight excluding hydrogens is 330 g/mol. The molecule has 88 valence electrons. The van der Waals surface area contributed by atoms with E-state index in [9.17, 15) is 0 Å². The van der Waals surface area contributed by atoms with Gasteiger partial charge in [-0.15, -0.1) is 0 Å². The average molecular weight is 347 g/mol. The van der Waals surface area contributed by atoms with Crippen LogP contribution in [-0.2, 0) is 5.33 Å². The van der Waals surface area contributed by atoms with E-state index in [1.807, 2.05) is 0 Å². The fraction of sp³-hybridized carbons (Fsp3) is 0.538. The minimum atomic E-state index is 0.290. The van der Waals surface area contributed by atoms with Crippen LogP contribution in [0, 0.1) is 0 Å². The lowest BCUT2D eigenvalue weighted by atomic mass is 10.0. The van der Waals surface area contributed by atoms with Gasteiger partial charge in [0.25, 0.3) is 0 Å². The maximum absolute atomic E-state index is 3.69. The van der Waals surface area contributed by atoms with Crippen molar-refractivity contribution < 1.29 is 0 Å². The molecule has 1 heterocycles. The van der Waals surface area contributed by atoms with Crippen LogP contribution in [0.2, 0.25) is 0 Å². The van der Waals surface area contributed by atoms with E-state index in [0.29, 0.717) is 5.54 Å². The molecule has 1 nitrogen and oxygen atoms in total. The minimum absolute atomic E-state index is 0.290. The lowest BCUT2D eigenvalue weighted by Gasteiger charge is -2.34. The molecule has 1 aliphatic rings. The minimum Gasteiger partial charge on any atom is -0.366 e. The Bertz CT molecular complexity index is 388. The van der Waals surface area contributed by atoms with Crippen molar-refractivity contribution in [1.29, 1.82) is 0 Å². The van der Waals surface area contributed by atoms with Crippen LogP contribution in [0.5, 0.6) is 0 Å². The fourth-order valence-corrected chi connectivity index (χ4v) is 3.40. The first-order valence-electron chi connectivity index (χ1n) is 5.66. The molecule has 0 amide bonds. The van der Waals surface area contributed by atoms with Crippen molar-refractivity contribution in [3.8, 4) is 0 Å². The second-order valence-electron chi connectivity index (χ2n) is 4.99. The maximum atomic E-state index is 3.69. The number of nitrogens with zero attached hydrogens (tertiary/aromatic N) is 1. The average Bonchev–Trinajstić information content (AvgIpc) is 2.58. The molecule has 16 heavy (non-hydrogen) atoms. The summed E-state index contributed by atoms with van der Waals surface area (Å²) in [7, 11) is 0. The van der Waals surface area contributed by atoms with Gasteiger partial charge in [-0.1, -0.05) is 22.0 Å². The topological polar surface area (TPSA) is 3.24 Å². The number of benzene rings is 1. The van der Waals surface area contributed by atoms with E-state index in [4.69, 9.17) is 0 Å². The Kier molecular flexibility index (Phi) is 3.65. The first kappa shape index (κ1) is 12.4. The number of halogens is 2. The highest BCUT2D eigenvalue weighted by Crippen LogP contribution is 2.38. The Hall–Kier alpha value is -0.0200. The van der Waals surface area contributed by atoms with E-state index in [-0.39, 0.29) is 0 Å². The van der Waals surface area contributed by atoms with Crippen LogP contribution in [0.4, 0.5) is 5.69 Å². The molecule has 1 aliphatic heterocycles. The molecule has 3 heteroatoms. The van der Waals surface area contributed by atoms with E-state index < -0.39 is 0 Å². The van der Waals surface area contributed by atoms with Crippen molar-refractivity contribution in [2.45, 2.75) is 37.6 Å². The van der Waals surface area contributed by atoms with Gasteiger partial charge >= 0.3 is 0 Å². The van der Waals surface area contributed by atoms with E-state index in [1.54, 1.807) is 0 Å². The second kappa shape index (κ2) is 4.69. The molecule has 0 atom stereocenters. The zero-order valence-corrected chi connectivity index (χ0v) is 12.9. The lowest BCUT2D eigenvalue weighted by molar-refractivity contribution is 0.517. The van der Waals surface area contributed by atoms with Crippen molar-refractivity contribution in [2.24, 2.45) is 0 Å². The van der Waals surface area contributed by atoms with Crippen LogP contribution >= 0.6 is 31.9 Å². The summed E-state index contributed by atoms with van der Waals surface area (Å²) >= 11 is 7.17. The van der Waals surface area contributed by atoms with Crippen LogP contribution in [0.3, 0.4) is 0 Å². The largest absolute Gasteiger partial charge is 0.366 e. The van der Waals surface area contributed by atoms with Crippen molar-refractivity contribution in [2.75, 3.05) is 11.4 Å². The molecule has 0 saturated carbocycles. The van der Waals surface area contributed by atoms with E-state index >= 15 is 0 Å². The molecule has 0 spiro atoms. The quantitative estimate of drug-likeness (QED) is 0.700. The molecule has 0 aliphatic carbocycles. The van der Waals surface area contributed by atoms with Gasteiger partial charge in [0.05, 0.1) is 5.69 Å². The van der Waals surface area contributed by atoms with E-state index in [2.05, 4.69) is 68.8 Å². The molecule has 1 fully saturated rings. The zero-order valence-electron chi connectivity index (χ0n) is 9.76. The Morgan fingerprint density at radius 1 is 1.38 bits per heavy atom. The second-order valence-corrected chi connectivity index (χ2v) is 6.40. The molecule has 1 aromatic rings. The molecule has 0 aromatic heterocycles. The van der Waals surface area contributed by atoms with Crippen molar-refractivity contribution >= 4 is 37.5 Å². The number of alkyl halides is 1. The molecule has 0 bridgehead atoms. The highest BCUT2D eigenvalue weighted by molar-refractivity contribution is 9.10. The SMILES string of the molecule is CC1(C)CCCN1c1ccc(CBr)cc1Br. The normalized spacial score (nSPS) is 19.1. The summed E-state index contributed by atoms with van der Waals surface area (Å²) in [4.78, 5) is 2.51. The summed E-state index contributed by atoms with van der Waals surface area (Å²) in [5.74, 6) is 0. The van der Waals surface area contributed by atoms with Gasteiger partial charge in [0.1, 0.15) is 0 Å². The van der Waals surface area contributed by atoms with Gasteiger partial charge in [-0.05, 0) is 60.3 Å². The standard InChI is InChI=1S/C13H17Br2N/c1-13(2)6-3-7-16(13)12-5-4-10(9-14)8-11(12)15/h4-5,8H,3,6-7,9H2,1-2H3. The molecule has 1 aromatic carbocycles. The summed E-state index contributed by atoms with van der Waals surface area (Å²) in [6, 6.07) is 6.63. The maximum Gasteiger partial charge on any atom is 0.0515 e. The van der Waals surface area contributed by atoms with Gasteiger partial charge in [-0.25, -0.2) is 0 Å². The smallest absolute Gasteiger partial charge is 0.0515 e. The van der Waals surface area contributed by atoms with Gasteiger partial charge < -0.3 is 4.90 Å². The number of rotatable bonds is 2. The zero-order chi connectivity index (χ0) is 11.8. The predicted molar refractivity (Wildman–Crippen MR) is 77.4 cm³/mol. The van der Waals surface area contributed by atoms with Crippen LogP contribution in [0.25, 0.3) is 0 Å². The summed E-state index contributed by atoms with van der Waals surface area (Å²) in [6.07, 6.45) is 2.57. The predicted octanol–water partition coefficient (Wildman–Crippen LogP) is 4.72. The number of hydrogen-bond donors (Lipinski definition) is 0. The molecule has 0 N–H and O–H groups in total. The van der Waals surface area contributed by atoms with Gasteiger partial charge in [0.2, 0.25) is 0 Å². The van der Waals surface area contributed by atoms with Crippen LogP contribution in [-0.4, -0.2) is 12.1 Å². The first-order chi connectivity index (χ1) is 7.54. The third-order valence-corrected chi connectivity index (χ3v) is 4.64. The molecule has 0 unspecified atom stereocenters. The Balaban J connectivity index is 2.34. The van der Waals surface area contributed by atoms with Crippen molar-refractivity contribution in [3.63, 3.8) is 0 Å². The first-order valence-corrected chi connectivity index (χ1v) is 7.58. The summed E-state index contributed by atoms with van der Waals surface area (Å²) < 4.78 is 1.21. The molecule has 0 radical (unpaired) electrons. The van der Waals surface area contributed by atoms with Crippen molar-refractivity contribution in [1.82, 2.24) is 0 Å². The third-order valence-electron chi connectivity index (χ3n) is 3.36. The van der Waals surface area contributed by atoms with Gasteiger partial charge in [-0.2, -0.15) is 0 Å². The fourth-order valence-electron chi connectivity index (χ4n) is 2.41. The van der Waals surface area contributed by atoms with Crippen molar-refractivity contribution in [3.05, 3.63) is 28.2 Å². The number of anilines is 1. The van der Waals surface area contributed by atoms with Gasteiger partial charge in [0, 0.05) is 21.9 Å². The number of hydrogen-bond acceptors (Lipinski definition) is 1. The highest BCUT2D eigenvalue weighted by atomic mass is 79.9. The highest BCUT2D eigenvalue weighted by Gasteiger charge is 2.32. The Morgan fingerprint density at radius 2 is 2.12 bits per heavy atom. The monoisotopic (exact) mass is 345 g/mol. The summed E-state index contributed by atoms with van der Waals surface area (Å²) in [6.45, 7) is 5.81. The molecule has 2 rings (SSSR count). The Morgan fingerprint density at radius 3 is 2.62 bits per heavy atom. The van der Waals surface area contributed by atoms with Gasteiger partial charge in [0.15, 0.2) is 0 Å². The van der Waals surface area contributed by atoms with Crippen LogP contribution < -0.4 is 4.90 Å². The van der Waals surface area contributed by atoms with E-state index in [0.717, 1.165) is 5.33 Å². The summed E-state index contributed by atoms with van der Waals surface area (Å²) in [5.41, 5.74) is 2.93. The van der Waals surface area contributed by atoms with E-state index in [1.165, 1.54) is 35.1 Å². The lowest BCUT2D eigenvalue weighted by Crippen LogP contribution is -2.38. The molecule has 1 saturated heterocycles. The third kappa shape index (κ3) is 2.30. The molecular formula is C13H17Br2N. The van der Waals surface area contributed by atoms with Crippen LogP contribution in [0.1, 0.15) is 32.3 Å². The van der Waals surface area contributed by atoms with Gasteiger partial charge in [-0.3, -0.25) is 0 Å².